The monoisotopic (exact) mass is 258 g/mol. The molecule has 18 heavy (non-hydrogen) atoms. The van der Waals surface area contributed by atoms with Crippen molar-refractivity contribution >= 4 is 31.5 Å². The van der Waals surface area contributed by atoms with E-state index in [9.17, 15) is 0 Å². The molecule has 0 aliphatic carbocycles. The van der Waals surface area contributed by atoms with E-state index >= 15 is 0 Å². The van der Waals surface area contributed by atoms with Crippen LogP contribution in [-0.4, -0.2) is 0 Å². The fraction of sp³-hybridized carbons (Fsp3) is 0.294. The molecule has 2 aromatic carbocycles. The van der Waals surface area contributed by atoms with Crippen molar-refractivity contribution in [2.45, 2.75) is 34.6 Å². The van der Waals surface area contributed by atoms with Crippen LogP contribution in [0.3, 0.4) is 0 Å². The van der Waals surface area contributed by atoms with Crippen molar-refractivity contribution in [3.8, 4) is 0 Å². The van der Waals surface area contributed by atoms with Crippen LogP contribution in [0, 0.1) is 6.92 Å². The van der Waals surface area contributed by atoms with Gasteiger partial charge in [-0.1, -0.05) is 58.0 Å². The molecule has 0 radical (unpaired) electrons. The molecule has 96 valence electrons. The molecule has 0 fully saturated rings. The predicted molar refractivity (Wildman–Crippen MR) is 86.8 cm³/mol. The minimum atomic E-state index is 1.34. The van der Waals surface area contributed by atoms with Crippen molar-refractivity contribution in [1.82, 2.24) is 0 Å². The first-order valence-electron chi connectivity index (χ1n) is 6.72. The maximum atomic E-state index is 2.26. The summed E-state index contributed by atoms with van der Waals surface area (Å²) >= 11 is 1.88. The van der Waals surface area contributed by atoms with Gasteiger partial charge in [-0.3, -0.25) is 0 Å². The second kappa shape index (κ2) is 7.17. The maximum Gasteiger partial charge on any atom is 0.0358 e. The highest BCUT2D eigenvalue weighted by Crippen LogP contribution is 2.33. The van der Waals surface area contributed by atoms with E-state index in [0.29, 0.717) is 0 Å². The first kappa shape index (κ1) is 14.7. The molecular formula is C17H22S. The number of hydrogen-bond donors (Lipinski definition) is 0. The molecule has 3 aromatic rings. The van der Waals surface area contributed by atoms with Crippen molar-refractivity contribution in [3.05, 3.63) is 48.0 Å². The zero-order chi connectivity index (χ0) is 13.5. The van der Waals surface area contributed by atoms with Crippen LogP contribution in [0.4, 0.5) is 0 Å². The van der Waals surface area contributed by atoms with Gasteiger partial charge in [-0.05, 0) is 24.6 Å². The molecule has 0 aliphatic heterocycles. The van der Waals surface area contributed by atoms with Crippen molar-refractivity contribution < 1.29 is 0 Å². The summed E-state index contributed by atoms with van der Waals surface area (Å²) in [7, 11) is 0. The van der Waals surface area contributed by atoms with Gasteiger partial charge in [-0.15, -0.1) is 11.3 Å². The summed E-state index contributed by atoms with van der Waals surface area (Å²) in [4.78, 5) is 0. The molecule has 0 nitrogen and oxygen atoms in total. The zero-order valence-electron chi connectivity index (χ0n) is 11.9. The molecule has 0 amide bonds. The Hall–Kier alpha value is -1.34. The SMILES string of the molecule is CC.CC.Cc1ccc2c(c1)sc1ccccc12. The topological polar surface area (TPSA) is 0 Å². The molecule has 1 heterocycles. The Morgan fingerprint density at radius 3 is 2.06 bits per heavy atom. The molecule has 0 N–H and O–H groups in total. The lowest BCUT2D eigenvalue weighted by Gasteiger charge is -1.92. The van der Waals surface area contributed by atoms with Crippen molar-refractivity contribution in [2.75, 3.05) is 0 Å². The molecule has 0 bridgehead atoms. The number of benzene rings is 2. The van der Waals surface area contributed by atoms with Crippen LogP contribution in [0.1, 0.15) is 33.3 Å². The lowest BCUT2D eigenvalue weighted by atomic mass is 10.1. The zero-order valence-corrected chi connectivity index (χ0v) is 12.8. The van der Waals surface area contributed by atoms with Gasteiger partial charge >= 0.3 is 0 Å². The lowest BCUT2D eigenvalue weighted by Crippen LogP contribution is -1.68. The molecule has 1 aromatic heterocycles. The van der Waals surface area contributed by atoms with E-state index in [0.717, 1.165) is 0 Å². The Morgan fingerprint density at radius 1 is 0.722 bits per heavy atom. The number of aryl methyl sites for hydroxylation is 1. The van der Waals surface area contributed by atoms with Crippen molar-refractivity contribution in [3.63, 3.8) is 0 Å². The average Bonchev–Trinajstić information content (AvgIpc) is 2.80. The Balaban J connectivity index is 0.000000371. The van der Waals surface area contributed by atoms with E-state index < -0.39 is 0 Å². The highest BCUT2D eigenvalue weighted by Gasteiger charge is 2.02. The van der Waals surface area contributed by atoms with Gasteiger partial charge in [0.15, 0.2) is 0 Å². The van der Waals surface area contributed by atoms with Gasteiger partial charge < -0.3 is 0 Å². The molecule has 0 spiro atoms. The molecule has 1 heteroatoms. The standard InChI is InChI=1S/C13H10S.2C2H6/c1-9-6-7-11-10-4-2-3-5-12(10)14-13(11)8-9;2*1-2/h2-8H,1H3;2*1-2H3. The highest BCUT2D eigenvalue weighted by atomic mass is 32.1. The Morgan fingerprint density at radius 2 is 1.33 bits per heavy atom. The van der Waals surface area contributed by atoms with Crippen LogP contribution in [0.15, 0.2) is 42.5 Å². The first-order valence-corrected chi connectivity index (χ1v) is 7.54. The summed E-state index contributed by atoms with van der Waals surface area (Å²) in [6.45, 7) is 10.1. The molecule has 0 saturated heterocycles. The van der Waals surface area contributed by atoms with Gasteiger partial charge in [0.05, 0.1) is 0 Å². The molecule has 0 unspecified atom stereocenters. The van der Waals surface area contributed by atoms with E-state index in [1.807, 2.05) is 39.0 Å². The van der Waals surface area contributed by atoms with E-state index in [4.69, 9.17) is 0 Å². The van der Waals surface area contributed by atoms with Crippen molar-refractivity contribution in [2.24, 2.45) is 0 Å². The molecule has 3 rings (SSSR count). The predicted octanol–water partition coefficient (Wildman–Crippen LogP) is 6.42. The second-order valence-corrected chi connectivity index (χ2v) is 4.68. The van der Waals surface area contributed by atoms with E-state index in [1.165, 1.54) is 25.7 Å². The number of thiophene rings is 1. The highest BCUT2D eigenvalue weighted by molar-refractivity contribution is 7.25. The quantitative estimate of drug-likeness (QED) is 0.436. The third kappa shape index (κ3) is 2.91. The van der Waals surface area contributed by atoms with Gasteiger partial charge in [0.2, 0.25) is 0 Å². The summed E-state index contributed by atoms with van der Waals surface area (Å²) < 4.78 is 2.78. The van der Waals surface area contributed by atoms with Crippen LogP contribution in [0.25, 0.3) is 20.2 Å². The van der Waals surface area contributed by atoms with E-state index in [2.05, 4.69) is 49.4 Å². The minimum absolute atomic E-state index is 1.34. The number of rotatable bonds is 0. The van der Waals surface area contributed by atoms with Crippen LogP contribution < -0.4 is 0 Å². The Bertz CT molecular complexity index is 605. The summed E-state index contributed by atoms with van der Waals surface area (Å²) in [5.41, 5.74) is 1.34. The summed E-state index contributed by atoms with van der Waals surface area (Å²) in [6.07, 6.45) is 0. The first-order chi connectivity index (χ1) is 8.84. The summed E-state index contributed by atoms with van der Waals surface area (Å²) in [5, 5.41) is 2.77. The van der Waals surface area contributed by atoms with Gasteiger partial charge in [0, 0.05) is 20.2 Å². The van der Waals surface area contributed by atoms with E-state index in [1.54, 1.807) is 0 Å². The van der Waals surface area contributed by atoms with Gasteiger partial charge in [0.1, 0.15) is 0 Å². The molecular weight excluding hydrogens is 236 g/mol. The third-order valence-electron chi connectivity index (χ3n) is 2.53. The van der Waals surface area contributed by atoms with E-state index in [-0.39, 0.29) is 0 Å². The van der Waals surface area contributed by atoms with Gasteiger partial charge in [0.25, 0.3) is 0 Å². The molecule has 0 saturated carbocycles. The van der Waals surface area contributed by atoms with Crippen LogP contribution in [0.2, 0.25) is 0 Å². The minimum Gasteiger partial charge on any atom is -0.135 e. The lowest BCUT2D eigenvalue weighted by molar-refractivity contribution is 1.50. The average molecular weight is 258 g/mol. The van der Waals surface area contributed by atoms with Crippen LogP contribution in [-0.2, 0) is 0 Å². The number of hydrogen-bond acceptors (Lipinski definition) is 1. The van der Waals surface area contributed by atoms with Gasteiger partial charge in [-0.25, -0.2) is 0 Å². The molecule has 0 atom stereocenters. The Kier molecular flexibility index (Phi) is 5.87. The van der Waals surface area contributed by atoms with Crippen LogP contribution >= 0.6 is 11.3 Å². The maximum absolute atomic E-state index is 2.26. The van der Waals surface area contributed by atoms with Crippen molar-refractivity contribution in [1.29, 1.82) is 0 Å². The normalized spacial score (nSPS) is 9.39. The Labute approximate surface area is 114 Å². The number of fused-ring (bicyclic) bond motifs is 3. The largest absolute Gasteiger partial charge is 0.135 e. The fourth-order valence-electron chi connectivity index (χ4n) is 1.83. The smallest absolute Gasteiger partial charge is 0.0358 e. The van der Waals surface area contributed by atoms with Gasteiger partial charge in [-0.2, -0.15) is 0 Å². The second-order valence-electron chi connectivity index (χ2n) is 3.60. The summed E-state index contributed by atoms with van der Waals surface area (Å²) in [5.74, 6) is 0. The third-order valence-corrected chi connectivity index (χ3v) is 3.67. The van der Waals surface area contributed by atoms with Crippen LogP contribution in [0.5, 0.6) is 0 Å². The summed E-state index contributed by atoms with van der Waals surface area (Å²) in [6, 6.07) is 15.3. The fourth-order valence-corrected chi connectivity index (χ4v) is 3.04. The molecule has 0 aliphatic rings.